The first-order valence-corrected chi connectivity index (χ1v) is 5.45. The molecular formula is C10H13ClN4. The molecule has 2 aromatic rings. The van der Waals surface area contributed by atoms with Crippen LogP contribution in [0.1, 0.15) is 12.1 Å². The van der Waals surface area contributed by atoms with E-state index in [1.807, 2.05) is 23.7 Å². The number of hydrogen-bond acceptors (Lipinski definition) is 3. The molecule has 0 aliphatic heterocycles. The second kappa shape index (κ2) is 4.49. The summed E-state index contributed by atoms with van der Waals surface area (Å²) in [7, 11) is 0. The van der Waals surface area contributed by atoms with E-state index < -0.39 is 0 Å². The lowest BCUT2D eigenvalue weighted by Gasteiger charge is -2.04. The van der Waals surface area contributed by atoms with Gasteiger partial charge in [0.05, 0.1) is 5.69 Å². The highest BCUT2D eigenvalue weighted by molar-refractivity contribution is 6.17. The van der Waals surface area contributed by atoms with Gasteiger partial charge in [-0.3, -0.25) is 0 Å². The number of rotatable bonds is 4. The normalized spacial score (nSPS) is 10.8. The Labute approximate surface area is 93.3 Å². The standard InChI is InChI=1S/C10H13ClN4/c1-8-7-9-10(12-4-2-3-11)13-5-6-15(9)14-8/h5-7H,2-4H2,1H3,(H,12,13). The molecule has 0 aromatic carbocycles. The molecule has 1 N–H and O–H groups in total. The SMILES string of the molecule is Cc1cc2c(NCCCCl)nccn2n1. The van der Waals surface area contributed by atoms with Crippen molar-refractivity contribution in [2.24, 2.45) is 0 Å². The predicted octanol–water partition coefficient (Wildman–Crippen LogP) is 2.08. The van der Waals surface area contributed by atoms with Gasteiger partial charge in [0, 0.05) is 24.8 Å². The molecule has 0 aliphatic rings. The van der Waals surface area contributed by atoms with Crippen molar-refractivity contribution in [1.82, 2.24) is 14.6 Å². The van der Waals surface area contributed by atoms with Crippen LogP contribution in [0.15, 0.2) is 18.5 Å². The summed E-state index contributed by atoms with van der Waals surface area (Å²) < 4.78 is 1.82. The van der Waals surface area contributed by atoms with Gasteiger partial charge >= 0.3 is 0 Å². The first-order chi connectivity index (χ1) is 7.31. The van der Waals surface area contributed by atoms with E-state index in [-0.39, 0.29) is 0 Å². The van der Waals surface area contributed by atoms with E-state index in [0.717, 1.165) is 30.0 Å². The molecule has 15 heavy (non-hydrogen) atoms. The maximum atomic E-state index is 5.61. The van der Waals surface area contributed by atoms with Crippen LogP contribution in [0.25, 0.3) is 5.52 Å². The van der Waals surface area contributed by atoms with E-state index in [1.165, 1.54) is 0 Å². The van der Waals surface area contributed by atoms with E-state index in [4.69, 9.17) is 11.6 Å². The topological polar surface area (TPSA) is 42.2 Å². The van der Waals surface area contributed by atoms with E-state index >= 15 is 0 Å². The molecule has 0 saturated heterocycles. The van der Waals surface area contributed by atoms with Crippen LogP contribution in [0.5, 0.6) is 0 Å². The van der Waals surface area contributed by atoms with E-state index in [9.17, 15) is 0 Å². The van der Waals surface area contributed by atoms with Crippen LogP contribution in [-0.4, -0.2) is 27.0 Å². The van der Waals surface area contributed by atoms with E-state index in [0.29, 0.717) is 5.88 Å². The minimum absolute atomic E-state index is 0.661. The van der Waals surface area contributed by atoms with Crippen molar-refractivity contribution in [1.29, 1.82) is 0 Å². The van der Waals surface area contributed by atoms with E-state index in [2.05, 4.69) is 15.4 Å². The average Bonchev–Trinajstić information content (AvgIpc) is 2.59. The van der Waals surface area contributed by atoms with Crippen molar-refractivity contribution in [3.8, 4) is 0 Å². The van der Waals surface area contributed by atoms with Crippen molar-refractivity contribution < 1.29 is 0 Å². The van der Waals surface area contributed by atoms with Crippen LogP contribution < -0.4 is 5.32 Å². The summed E-state index contributed by atoms with van der Waals surface area (Å²) >= 11 is 5.61. The Balaban J connectivity index is 2.25. The Morgan fingerprint density at radius 1 is 1.53 bits per heavy atom. The number of anilines is 1. The molecular weight excluding hydrogens is 212 g/mol. The molecule has 0 aliphatic carbocycles. The van der Waals surface area contributed by atoms with Crippen LogP contribution >= 0.6 is 11.6 Å². The zero-order chi connectivity index (χ0) is 10.7. The highest BCUT2D eigenvalue weighted by atomic mass is 35.5. The summed E-state index contributed by atoms with van der Waals surface area (Å²) in [5.74, 6) is 1.53. The predicted molar refractivity (Wildman–Crippen MR) is 61.6 cm³/mol. The Kier molecular flexibility index (Phi) is 3.06. The van der Waals surface area contributed by atoms with Crippen molar-refractivity contribution in [2.45, 2.75) is 13.3 Å². The molecule has 0 saturated carbocycles. The molecule has 2 rings (SSSR count). The van der Waals surface area contributed by atoms with Crippen molar-refractivity contribution in [3.63, 3.8) is 0 Å². The summed E-state index contributed by atoms with van der Waals surface area (Å²) in [6, 6.07) is 2.01. The van der Waals surface area contributed by atoms with Gasteiger partial charge < -0.3 is 5.32 Å². The molecule has 2 aromatic heterocycles. The smallest absolute Gasteiger partial charge is 0.152 e. The highest BCUT2D eigenvalue weighted by Crippen LogP contribution is 2.14. The number of alkyl halides is 1. The molecule has 80 valence electrons. The van der Waals surface area contributed by atoms with Crippen molar-refractivity contribution in [3.05, 3.63) is 24.2 Å². The van der Waals surface area contributed by atoms with Gasteiger partial charge in [-0.25, -0.2) is 9.50 Å². The monoisotopic (exact) mass is 224 g/mol. The lowest BCUT2D eigenvalue weighted by atomic mass is 10.4. The molecule has 0 spiro atoms. The van der Waals surface area contributed by atoms with Crippen LogP contribution in [0.4, 0.5) is 5.82 Å². The molecule has 5 heteroatoms. The quantitative estimate of drug-likeness (QED) is 0.639. The second-order valence-corrected chi connectivity index (χ2v) is 3.74. The largest absolute Gasteiger partial charge is 0.368 e. The van der Waals surface area contributed by atoms with Crippen LogP contribution in [0.3, 0.4) is 0 Å². The molecule has 0 bridgehead atoms. The maximum Gasteiger partial charge on any atom is 0.152 e. The Morgan fingerprint density at radius 3 is 3.20 bits per heavy atom. The summed E-state index contributed by atoms with van der Waals surface area (Å²) in [5.41, 5.74) is 1.99. The fraction of sp³-hybridized carbons (Fsp3) is 0.400. The number of nitrogens with zero attached hydrogens (tertiary/aromatic N) is 3. The van der Waals surface area contributed by atoms with Crippen LogP contribution in [0, 0.1) is 6.92 Å². The minimum Gasteiger partial charge on any atom is -0.368 e. The van der Waals surface area contributed by atoms with Gasteiger partial charge in [-0.1, -0.05) is 0 Å². The fourth-order valence-electron chi connectivity index (χ4n) is 1.45. The fourth-order valence-corrected chi connectivity index (χ4v) is 1.59. The molecule has 0 amide bonds. The first-order valence-electron chi connectivity index (χ1n) is 4.92. The third-order valence-electron chi connectivity index (χ3n) is 2.11. The number of hydrogen-bond donors (Lipinski definition) is 1. The summed E-state index contributed by atoms with van der Waals surface area (Å²) in [6.07, 6.45) is 4.51. The molecule has 0 fully saturated rings. The minimum atomic E-state index is 0.661. The molecule has 4 nitrogen and oxygen atoms in total. The Morgan fingerprint density at radius 2 is 2.40 bits per heavy atom. The summed E-state index contributed by atoms with van der Waals surface area (Å²) in [5, 5.41) is 7.56. The number of nitrogens with one attached hydrogen (secondary N) is 1. The summed E-state index contributed by atoms with van der Waals surface area (Å²) in [6.45, 7) is 2.80. The molecule has 2 heterocycles. The van der Waals surface area contributed by atoms with Crippen molar-refractivity contribution >= 4 is 22.9 Å². The highest BCUT2D eigenvalue weighted by Gasteiger charge is 2.03. The second-order valence-electron chi connectivity index (χ2n) is 3.36. The van der Waals surface area contributed by atoms with Gasteiger partial charge in [0.1, 0.15) is 5.52 Å². The lowest BCUT2D eigenvalue weighted by molar-refractivity contribution is 0.914. The van der Waals surface area contributed by atoms with E-state index in [1.54, 1.807) is 6.20 Å². The van der Waals surface area contributed by atoms with Gasteiger partial charge in [-0.15, -0.1) is 11.6 Å². The number of fused-ring (bicyclic) bond motifs is 1. The van der Waals surface area contributed by atoms with Crippen LogP contribution in [0.2, 0.25) is 0 Å². The number of aromatic nitrogens is 3. The maximum absolute atomic E-state index is 5.61. The average molecular weight is 225 g/mol. The van der Waals surface area contributed by atoms with Gasteiger partial charge in [-0.2, -0.15) is 5.10 Å². The van der Waals surface area contributed by atoms with Gasteiger partial charge in [0.2, 0.25) is 0 Å². The third kappa shape index (κ3) is 2.21. The summed E-state index contributed by atoms with van der Waals surface area (Å²) in [4.78, 5) is 4.28. The molecule has 0 unspecified atom stereocenters. The number of aryl methyl sites for hydroxylation is 1. The van der Waals surface area contributed by atoms with Crippen molar-refractivity contribution in [2.75, 3.05) is 17.7 Å². The Hall–Kier alpha value is -1.29. The zero-order valence-electron chi connectivity index (χ0n) is 8.57. The zero-order valence-corrected chi connectivity index (χ0v) is 9.33. The number of halogens is 1. The first kappa shape index (κ1) is 10.2. The molecule has 0 radical (unpaired) electrons. The van der Waals surface area contributed by atoms with Gasteiger partial charge in [0.15, 0.2) is 5.82 Å². The van der Waals surface area contributed by atoms with Gasteiger partial charge in [-0.05, 0) is 19.4 Å². The Bertz CT molecular complexity index is 452. The van der Waals surface area contributed by atoms with Crippen LogP contribution in [-0.2, 0) is 0 Å². The van der Waals surface area contributed by atoms with Gasteiger partial charge in [0.25, 0.3) is 0 Å². The lowest BCUT2D eigenvalue weighted by Crippen LogP contribution is -2.05. The molecule has 0 atom stereocenters. The third-order valence-corrected chi connectivity index (χ3v) is 2.38.